The molecule has 0 N–H and O–H groups in total. The lowest BCUT2D eigenvalue weighted by Gasteiger charge is -2.35. The van der Waals surface area contributed by atoms with Crippen LogP contribution in [0, 0.1) is 0 Å². The fourth-order valence-corrected chi connectivity index (χ4v) is 4.01. The highest BCUT2D eigenvalue weighted by atomic mass is 16.5. The number of amides is 1. The standard InChI is InChI=1S/C23H29N5O4/c1-17(32-18(2)29)22(30)27-9-11-28(12-10-27)23-24-8-7-21(25-23)19-3-5-20(6-4-19)26-13-15-31-16-14-26/h3-8,17H,9-16H2,1-2H3/t17-/m0/s1. The molecule has 2 saturated heterocycles. The van der Waals surface area contributed by atoms with Crippen molar-refractivity contribution in [2.75, 3.05) is 62.3 Å². The van der Waals surface area contributed by atoms with Crippen molar-refractivity contribution in [3.05, 3.63) is 36.5 Å². The molecule has 2 aliphatic heterocycles. The first kappa shape index (κ1) is 22.0. The molecule has 2 aromatic rings. The average Bonchev–Trinajstić information content (AvgIpc) is 2.84. The first-order valence-corrected chi connectivity index (χ1v) is 11.0. The Morgan fingerprint density at radius 3 is 2.31 bits per heavy atom. The van der Waals surface area contributed by atoms with Gasteiger partial charge in [0.1, 0.15) is 0 Å². The van der Waals surface area contributed by atoms with Gasteiger partial charge in [-0.15, -0.1) is 0 Å². The summed E-state index contributed by atoms with van der Waals surface area (Å²) in [4.78, 5) is 38.9. The molecule has 0 bridgehead atoms. The summed E-state index contributed by atoms with van der Waals surface area (Å²) in [6, 6.07) is 10.3. The van der Waals surface area contributed by atoms with E-state index in [0.717, 1.165) is 37.6 Å². The lowest BCUT2D eigenvalue weighted by molar-refractivity contribution is -0.157. The van der Waals surface area contributed by atoms with E-state index in [-0.39, 0.29) is 5.91 Å². The summed E-state index contributed by atoms with van der Waals surface area (Å²) in [5, 5.41) is 0. The predicted octanol–water partition coefficient (Wildman–Crippen LogP) is 1.58. The van der Waals surface area contributed by atoms with Crippen molar-refractivity contribution < 1.29 is 19.1 Å². The zero-order valence-electron chi connectivity index (χ0n) is 18.6. The van der Waals surface area contributed by atoms with Crippen LogP contribution in [0.5, 0.6) is 0 Å². The van der Waals surface area contributed by atoms with E-state index in [9.17, 15) is 9.59 Å². The number of carbonyl (C=O) groups excluding carboxylic acids is 2. The van der Waals surface area contributed by atoms with E-state index in [1.807, 2.05) is 6.07 Å². The van der Waals surface area contributed by atoms with Gasteiger partial charge < -0.3 is 24.2 Å². The molecule has 1 atom stereocenters. The number of hydrogen-bond donors (Lipinski definition) is 0. The summed E-state index contributed by atoms with van der Waals surface area (Å²) in [5.41, 5.74) is 3.09. The lowest BCUT2D eigenvalue weighted by Crippen LogP contribution is -2.52. The number of nitrogens with zero attached hydrogens (tertiary/aromatic N) is 5. The third-order valence-electron chi connectivity index (χ3n) is 5.75. The number of rotatable bonds is 5. The molecule has 1 aromatic carbocycles. The summed E-state index contributed by atoms with van der Waals surface area (Å²) in [7, 11) is 0. The van der Waals surface area contributed by atoms with Crippen LogP contribution in [0.3, 0.4) is 0 Å². The van der Waals surface area contributed by atoms with E-state index in [2.05, 4.69) is 39.0 Å². The topological polar surface area (TPSA) is 88.1 Å². The first-order valence-electron chi connectivity index (χ1n) is 11.0. The summed E-state index contributed by atoms with van der Waals surface area (Å²) in [6.45, 7) is 8.57. The maximum absolute atomic E-state index is 12.4. The number of ether oxygens (including phenoxy) is 2. The van der Waals surface area contributed by atoms with Gasteiger partial charge in [0, 0.05) is 63.6 Å². The SMILES string of the molecule is CC(=O)O[C@@H](C)C(=O)N1CCN(c2nccc(-c3ccc(N4CCOCC4)cc3)n2)CC1. The van der Waals surface area contributed by atoms with Crippen molar-refractivity contribution >= 4 is 23.5 Å². The fraction of sp³-hybridized carbons (Fsp3) is 0.478. The number of anilines is 2. The zero-order valence-corrected chi connectivity index (χ0v) is 18.6. The molecule has 170 valence electrons. The molecular weight excluding hydrogens is 410 g/mol. The Hall–Kier alpha value is -3.20. The van der Waals surface area contributed by atoms with Crippen LogP contribution in [0.15, 0.2) is 36.5 Å². The van der Waals surface area contributed by atoms with E-state index < -0.39 is 12.1 Å². The Kier molecular flexibility index (Phi) is 6.84. The van der Waals surface area contributed by atoms with Crippen molar-refractivity contribution in [3.8, 4) is 11.3 Å². The molecule has 3 heterocycles. The minimum absolute atomic E-state index is 0.171. The molecule has 32 heavy (non-hydrogen) atoms. The largest absolute Gasteiger partial charge is 0.453 e. The van der Waals surface area contributed by atoms with Gasteiger partial charge in [-0.25, -0.2) is 9.97 Å². The normalized spacial score (nSPS) is 17.8. The average molecular weight is 440 g/mol. The molecule has 4 rings (SSSR count). The molecule has 1 aromatic heterocycles. The zero-order chi connectivity index (χ0) is 22.5. The molecule has 2 fully saturated rings. The van der Waals surface area contributed by atoms with E-state index >= 15 is 0 Å². The van der Waals surface area contributed by atoms with Crippen LogP contribution in [-0.4, -0.2) is 85.3 Å². The molecule has 0 saturated carbocycles. The highest BCUT2D eigenvalue weighted by Crippen LogP contribution is 2.24. The highest BCUT2D eigenvalue weighted by molar-refractivity contribution is 5.83. The Morgan fingerprint density at radius 1 is 0.969 bits per heavy atom. The van der Waals surface area contributed by atoms with Gasteiger partial charge in [0.15, 0.2) is 6.10 Å². The molecule has 2 aliphatic rings. The molecule has 0 spiro atoms. The van der Waals surface area contributed by atoms with Crippen LogP contribution in [0.4, 0.5) is 11.6 Å². The number of hydrogen-bond acceptors (Lipinski definition) is 8. The van der Waals surface area contributed by atoms with Gasteiger partial charge in [-0.2, -0.15) is 0 Å². The van der Waals surface area contributed by atoms with Crippen LogP contribution < -0.4 is 9.80 Å². The van der Waals surface area contributed by atoms with Crippen LogP contribution >= 0.6 is 0 Å². The number of aromatic nitrogens is 2. The number of esters is 1. The van der Waals surface area contributed by atoms with Crippen LogP contribution in [-0.2, 0) is 19.1 Å². The van der Waals surface area contributed by atoms with Crippen molar-refractivity contribution in [1.82, 2.24) is 14.9 Å². The minimum Gasteiger partial charge on any atom is -0.453 e. The van der Waals surface area contributed by atoms with Crippen molar-refractivity contribution in [2.45, 2.75) is 20.0 Å². The number of benzene rings is 1. The van der Waals surface area contributed by atoms with E-state index in [1.165, 1.54) is 12.6 Å². The predicted molar refractivity (Wildman–Crippen MR) is 121 cm³/mol. The lowest BCUT2D eigenvalue weighted by atomic mass is 10.1. The van der Waals surface area contributed by atoms with Gasteiger partial charge in [-0.3, -0.25) is 9.59 Å². The summed E-state index contributed by atoms with van der Waals surface area (Å²) in [6.07, 6.45) is 1.01. The number of piperazine rings is 1. The van der Waals surface area contributed by atoms with Gasteiger partial charge in [0.25, 0.3) is 5.91 Å². The van der Waals surface area contributed by atoms with Crippen molar-refractivity contribution in [2.24, 2.45) is 0 Å². The molecular formula is C23H29N5O4. The first-order chi connectivity index (χ1) is 15.5. The maximum atomic E-state index is 12.4. The summed E-state index contributed by atoms with van der Waals surface area (Å²) in [5.74, 6) is 0.0300. The van der Waals surface area contributed by atoms with Gasteiger partial charge in [-0.05, 0) is 25.1 Å². The summed E-state index contributed by atoms with van der Waals surface area (Å²) >= 11 is 0. The fourth-order valence-electron chi connectivity index (χ4n) is 4.01. The Bertz CT molecular complexity index is 938. The maximum Gasteiger partial charge on any atom is 0.303 e. The monoisotopic (exact) mass is 439 g/mol. The second-order valence-corrected chi connectivity index (χ2v) is 7.95. The summed E-state index contributed by atoms with van der Waals surface area (Å²) < 4.78 is 10.4. The van der Waals surface area contributed by atoms with Gasteiger partial charge in [-0.1, -0.05) is 12.1 Å². The van der Waals surface area contributed by atoms with Crippen LogP contribution in [0.2, 0.25) is 0 Å². The third-order valence-corrected chi connectivity index (χ3v) is 5.75. The van der Waals surface area contributed by atoms with E-state index in [4.69, 9.17) is 14.5 Å². The van der Waals surface area contributed by atoms with E-state index in [1.54, 1.807) is 18.0 Å². The van der Waals surface area contributed by atoms with Gasteiger partial charge in [0.05, 0.1) is 18.9 Å². The Balaban J connectivity index is 1.38. The number of carbonyl (C=O) groups is 2. The molecule has 9 heteroatoms. The molecule has 9 nitrogen and oxygen atoms in total. The smallest absolute Gasteiger partial charge is 0.303 e. The Morgan fingerprint density at radius 2 is 1.66 bits per heavy atom. The molecule has 0 aliphatic carbocycles. The second-order valence-electron chi connectivity index (χ2n) is 7.95. The highest BCUT2D eigenvalue weighted by Gasteiger charge is 2.27. The second kappa shape index (κ2) is 9.95. The third kappa shape index (κ3) is 5.16. The minimum atomic E-state index is -0.765. The van der Waals surface area contributed by atoms with Crippen LogP contribution in [0.25, 0.3) is 11.3 Å². The van der Waals surface area contributed by atoms with Crippen LogP contribution in [0.1, 0.15) is 13.8 Å². The van der Waals surface area contributed by atoms with Gasteiger partial charge >= 0.3 is 5.97 Å². The Labute approximate surface area is 187 Å². The van der Waals surface area contributed by atoms with Crippen molar-refractivity contribution in [3.63, 3.8) is 0 Å². The van der Waals surface area contributed by atoms with E-state index in [0.29, 0.717) is 32.1 Å². The number of morpholine rings is 1. The van der Waals surface area contributed by atoms with Gasteiger partial charge in [0.2, 0.25) is 5.95 Å². The van der Waals surface area contributed by atoms with Crippen molar-refractivity contribution in [1.29, 1.82) is 0 Å². The quantitative estimate of drug-likeness (QED) is 0.649. The molecule has 0 radical (unpaired) electrons. The molecule has 1 amide bonds. The molecule has 0 unspecified atom stereocenters.